The van der Waals surface area contributed by atoms with Crippen LogP contribution in [0.5, 0.6) is 0 Å². The number of aliphatic hydroxyl groups excluding tert-OH is 1. The second kappa shape index (κ2) is 3.85. The number of aliphatic hydroxyl groups is 1. The van der Waals surface area contributed by atoms with Crippen LogP contribution in [0, 0.1) is 6.61 Å². The largest absolute Gasteiger partial charge is 0.390 e. The van der Waals surface area contributed by atoms with Crippen molar-refractivity contribution in [1.82, 2.24) is 5.32 Å². The zero-order valence-electron chi connectivity index (χ0n) is 6.44. The molecule has 2 heteroatoms. The molecule has 9 heavy (non-hydrogen) atoms. The summed E-state index contributed by atoms with van der Waals surface area (Å²) in [6.45, 7) is 8.33. The zero-order chi connectivity index (χ0) is 7.33. The number of nitrogens with one attached hydrogen (secondary N) is 1. The molecule has 0 rings (SSSR count). The van der Waals surface area contributed by atoms with E-state index in [1.54, 1.807) is 0 Å². The standard InChI is InChI=1S/C7H16NO/c1-7(2,3)8-5-4-6-9/h6,8-9H,4-5H2,1-3H3. The summed E-state index contributed by atoms with van der Waals surface area (Å²) >= 11 is 0. The smallest absolute Gasteiger partial charge is 0.0811 e. The van der Waals surface area contributed by atoms with E-state index in [1.807, 2.05) is 0 Å². The van der Waals surface area contributed by atoms with Crippen molar-refractivity contribution in [3.63, 3.8) is 0 Å². The van der Waals surface area contributed by atoms with Gasteiger partial charge in [-0.3, -0.25) is 0 Å². The minimum absolute atomic E-state index is 0.170. The van der Waals surface area contributed by atoms with Crippen molar-refractivity contribution < 1.29 is 5.11 Å². The minimum Gasteiger partial charge on any atom is -0.390 e. The second-order valence-electron chi connectivity index (χ2n) is 3.15. The molecule has 0 saturated carbocycles. The van der Waals surface area contributed by atoms with Gasteiger partial charge in [-0.25, -0.2) is 0 Å². The summed E-state index contributed by atoms with van der Waals surface area (Å²) in [7, 11) is 0. The average Bonchev–Trinajstić information content (AvgIpc) is 1.63. The van der Waals surface area contributed by atoms with Gasteiger partial charge in [0.25, 0.3) is 0 Å². The molecular formula is C7H16NO. The van der Waals surface area contributed by atoms with Crippen molar-refractivity contribution in [3.8, 4) is 0 Å². The van der Waals surface area contributed by atoms with Crippen LogP contribution < -0.4 is 5.32 Å². The minimum atomic E-state index is 0.170. The normalized spacial score (nSPS) is 12.0. The van der Waals surface area contributed by atoms with Crippen molar-refractivity contribution in [2.45, 2.75) is 32.7 Å². The Kier molecular flexibility index (Phi) is 3.82. The summed E-state index contributed by atoms with van der Waals surface area (Å²) in [6, 6.07) is 0. The van der Waals surface area contributed by atoms with Crippen LogP contribution >= 0.6 is 0 Å². The third kappa shape index (κ3) is 7.92. The third-order valence-corrected chi connectivity index (χ3v) is 0.929. The Morgan fingerprint density at radius 2 is 2.00 bits per heavy atom. The quantitative estimate of drug-likeness (QED) is 0.564. The van der Waals surface area contributed by atoms with Gasteiger partial charge in [-0.15, -0.1) is 0 Å². The Balaban J connectivity index is 3.07. The Labute approximate surface area is 57.3 Å². The van der Waals surface area contributed by atoms with E-state index in [1.165, 1.54) is 6.61 Å². The summed E-state index contributed by atoms with van der Waals surface area (Å²) in [5.41, 5.74) is 0.170. The predicted octanol–water partition coefficient (Wildman–Crippen LogP) is 1.30. The van der Waals surface area contributed by atoms with Crippen LogP contribution in [-0.4, -0.2) is 17.2 Å². The molecule has 0 fully saturated rings. The van der Waals surface area contributed by atoms with Gasteiger partial charge in [0.2, 0.25) is 0 Å². The Morgan fingerprint density at radius 1 is 1.44 bits per heavy atom. The topological polar surface area (TPSA) is 32.3 Å². The molecule has 2 nitrogen and oxygen atoms in total. The fourth-order valence-corrected chi connectivity index (χ4v) is 0.512. The monoisotopic (exact) mass is 130 g/mol. The van der Waals surface area contributed by atoms with E-state index in [0.717, 1.165) is 13.0 Å². The summed E-state index contributed by atoms with van der Waals surface area (Å²) in [6.07, 6.45) is 0.720. The van der Waals surface area contributed by atoms with Crippen LogP contribution in [0.2, 0.25) is 0 Å². The average molecular weight is 130 g/mol. The summed E-state index contributed by atoms with van der Waals surface area (Å²) in [4.78, 5) is 0. The molecule has 0 aromatic heterocycles. The van der Waals surface area contributed by atoms with E-state index in [0.29, 0.717) is 0 Å². The van der Waals surface area contributed by atoms with Gasteiger partial charge in [0, 0.05) is 5.54 Å². The van der Waals surface area contributed by atoms with Crippen LogP contribution in [0.3, 0.4) is 0 Å². The van der Waals surface area contributed by atoms with Crippen molar-refractivity contribution >= 4 is 0 Å². The molecule has 0 spiro atoms. The van der Waals surface area contributed by atoms with Crippen LogP contribution in [-0.2, 0) is 0 Å². The first-order valence-corrected chi connectivity index (χ1v) is 3.27. The molecule has 1 radical (unpaired) electrons. The molecule has 0 unspecified atom stereocenters. The van der Waals surface area contributed by atoms with Crippen LogP contribution in [0.4, 0.5) is 0 Å². The SMILES string of the molecule is CC(C)(C)NCC[CH]O. The van der Waals surface area contributed by atoms with Gasteiger partial charge in [0.1, 0.15) is 0 Å². The summed E-state index contributed by atoms with van der Waals surface area (Å²) < 4.78 is 0. The van der Waals surface area contributed by atoms with Crippen LogP contribution in [0.25, 0.3) is 0 Å². The molecule has 2 N–H and O–H groups in total. The van der Waals surface area contributed by atoms with Gasteiger partial charge in [-0.05, 0) is 33.7 Å². The van der Waals surface area contributed by atoms with Crippen LogP contribution in [0.1, 0.15) is 27.2 Å². The first-order valence-electron chi connectivity index (χ1n) is 3.27. The van der Waals surface area contributed by atoms with Gasteiger partial charge in [0.05, 0.1) is 6.61 Å². The van der Waals surface area contributed by atoms with E-state index < -0.39 is 0 Å². The molecular weight excluding hydrogens is 114 g/mol. The van der Waals surface area contributed by atoms with E-state index >= 15 is 0 Å². The Morgan fingerprint density at radius 3 is 2.33 bits per heavy atom. The van der Waals surface area contributed by atoms with Crippen molar-refractivity contribution in [1.29, 1.82) is 0 Å². The molecule has 0 bridgehead atoms. The predicted molar refractivity (Wildman–Crippen MR) is 38.6 cm³/mol. The van der Waals surface area contributed by atoms with Crippen molar-refractivity contribution in [2.75, 3.05) is 6.54 Å². The highest BCUT2D eigenvalue weighted by Crippen LogP contribution is 1.97. The van der Waals surface area contributed by atoms with E-state index in [2.05, 4.69) is 26.1 Å². The molecule has 55 valence electrons. The lowest BCUT2D eigenvalue weighted by Crippen LogP contribution is -2.36. The van der Waals surface area contributed by atoms with Crippen LogP contribution in [0.15, 0.2) is 0 Å². The molecule has 0 heterocycles. The van der Waals surface area contributed by atoms with E-state index in [-0.39, 0.29) is 5.54 Å². The van der Waals surface area contributed by atoms with Gasteiger partial charge in [-0.1, -0.05) is 0 Å². The lowest BCUT2D eigenvalue weighted by molar-refractivity contribution is 0.352. The maximum absolute atomic E-state index is 8.30. The molecule has 0 aromatic carbocycles. The molecule has 0 aromatic rings. The molecule has 0 aliphatic carbocycles. The van der Waals surface area contributed by atoms with E-state index in [9.17, 15) is 0 Å². The summed E-state index contributed by atoms with van der Waals surface area (Å²) in [5, 5.41) is 11.5. The molecule has 0 aliphatic rings. The van der Waals surface area contributed by atoms with Crippen molar-refractivity contribution in [2.24, 2.45) is 0 Å². The second-order valence-corrected chi connectivity index (χ2v) is 3.15. The fraction of sp³-hybridized carbons (Fsp3) is 0.857. The highest BCUT2D eigenvalue weighted by atomic mass is 16.3. The first kappa shape index (κ1) is 8.92. The third-order valence-electron chi connectivity index (χ3n) is 0.929. The van der Waals surface area contributed by atoms with Gasteiger partial charge < -0.3 is 10.4 Å². The Bertz CT molecular complexity index is 65.8. The lowest BCUT2D eigenvalue weighted by Gasteiger charge is -2.19. The molecule has 0 amide bonds. The number of hydrogen-bond acceptors (Lipinski definition) is 2. The van der Waals surface area contributed by atoms with E-state index in [4.69, 9.17) is 5.11 Å². The number of hydrogen-bond donors (Lipinski definition) is 2. The van der Waals surface area contributed by atoms with Gasteiger partial charge >= 0.3 is 0 Å². The maximum Gasteiger partial charge on any atom is 0.0811 e. The Hall–Kier alpha value is -0.0800. The van der Waals surface area contributed by atoms with Crippen molar-refractivity contribution in [3.05, 3.63) is 6.61 Å². The highest BCUT2D eigenvalue weighted by molar-refractivity contribution is 4.70. The van der Waals surface area contributed by atoms with Gasteiger partial charge in [0.15, 0.2) is 0 Å². The zero-order valence-corrected chi connectivity index (χ0v) is 6.44. The highest BCUT2D eigenvalue weighted by Gasteiger charge is 2.06. The fourth-order valence-electron chi connectivity index (χ4n) is 0.512. The van der Waals surface area contributed by atoms with Gasteiger partial charge in [-0.2, -0.15) is 0 Å². The molecule has 0 aliphatic heterocycles. The molecule has 0 atom stereocenters. The maximum atomic E-state index is 8.30. The number of rotatable bonds is 3. The first-order chi connectivity index (χ1) is 4.06. The summed E-state index contributed by atoms with van der Waals surface area (Å²) in [5.74, 6) is 0. The molecule has 0 saturated heterocycles. The lowest BCUT2D eigenvalue weighted by atomic mass is 10.1.